The zero-order chi connectivity index (χ0) is 27.1. The number of nitrogens with one attached hydrogen (secondary N) is 1. The van der Waals surface area contributed by atoms with Gasteiger partial charge in [-0.05, 0) is 18.2 Å². The van der Waals surface area contributed by atoms with E-state index < -0.39 is 64.1 Å². The van der Waals surface area contributed by atoms with Crippen LogP contribution in [0.2, 0.25) is 0 Å². The molecule has 0 aromatic heterocycles. The monoisotopic (exact) mass is 571 g/mol. The molecule has 194 valence electrons. The van der Waals surface area contributed by atoms with Crippen LogP contribution in [0.3, 0.4) is 0 Å². The van der Waals surface area contributed by atoms with Gasteiger partial charge in [-0.3, -0.25) is 28.7 Å². The first-order chi connectivity index (χ1) is 17.3. The molecule has 0 aliphatic carbocycles. The van der Waals surface area contributed by atoms with E-state index in [1.807, 2.05) is 0 Å². The van der Waals surface area contributed by atoms with Crippen molar-refractivity contribution >= 4 is 73.1 Å². The standard InChI is InChI=1S/C22H16F3N3O6S3/c23-22(24,25)13-6-2-3-7-14(13)26-16(29)11-28-15-8-4-1-5-12(15)17(19(28)30)18-20(31)27(21(35)36-18)9-10-37(32,33)34/h1-8H,9-11H2,(H,26,29)(H,32,33,34). The van der Waals surface area contributed by atoms with Crippen molar-refractivity contribution in [3.8, 4) is 0 Å². The van der Waals surface area contributed by atoms with Crippen molar-refractivity contribution in [3.63, 3.8) is 0 Å². The lowest BCUT2D eigenvalue weighted by Crippen LogP contribution is -2.36. The Morgan fingerprint density at radius 2 is 1.68 bits per heavy atom. The molecular weight excluding hydrogens is 555 g/mol. The average Bonchev–Trinajstić information content (AvgIpc) is 3.23. The van der Waals surface area contributed by atoms with E-state index in [2.05, 4.69) is 5.32 Å². The van der Waals surface area contributed by atoms with Gasteiger partial charge in [-0.1, -0.05) is 54.3 Å². The summed E-state index contributed by atoms with van der Waals surface area (Å²) in [6, 6.07) is 10.6. The van der Waals surface area contributed by atoms with Crippen LogP contribution >= 0.6 is 24.0 Å². The Hall–Kier alpha value is -3.27. The molecule has 0 bridgehead atoms. The molecule has 1 fully saturated rings. The van der Waals surface area contributed by atoms with Crippen molar-refractivity contribution in [1.29, 1.82) is 0 Å². The Kier molecular flexibility index (Phi) is 7.16. The van der Waals surface area contributed by atoms with Gasteiger partial charge in [-0.15, -0.1) is 0 Å². The predicted molar refractivity (Wildman–Crippen MR) is 134 cm³/mol. The number of halogens is 3. The van der Waals surface area contributed by atoms with Crippen LogP contribution in [0, 0.1) is 0 Å². The maximum absolute atomic E-state index is 13.4. The van der Waals surface area contributed by atoms with Crippen molar-refractivity contribution in [3.05, 3.63) is 64.6 Å². The minimum atomic E-state index is -4.71. The van der Waals surface area contributed by atoms with E-state index in [1.165, 1.54) is 24.3 Å². The highest BCUT2D eigenvalue weighted by atomic mass is 32.2. The summed E-state index contributed by atoms with van der Waals surface area (Å²) >= 11 is 5.91. The molecular formula is C22H16F3N3O6S3. The maximum Gasteiger partial charge on any atom is 0.418 e. The molecule has 2 heterocycles. The number of amides is 3. The highest BCUT2D eigenvalue weighted by Crippen LogP contribution is 2.44. The molecule has 15 heteroatoms. The smallest absolute Gasteiger partial charge is 0.324 e. The number of hydrogen-bond donors (Lipinski definition) is 2. The molecule has 2 aliphatic rings. The van der Waals surface area contributed by atoms with E-state index in [9.17, 15) is 36.0 Å². The topological polar surface area (TPSA) is 124 Å². The minimum absolute atomic E-state index is 0.0265. The fourth-order valence-electron chi connectivity index (χ4n) is 3.78. The Morgan fingerprint density at radius 1 is 1.03 bits per heavy atom. The van der Waals surface area contributed by atoms with Crippen molar-refractivity contribution in [2.75, 3.05) is 29.1 Å². The van der Waals surface area contributed by atoms with Gasteiger partial charge in [0.1, 0.15) is 10.9 Å². The lowest BCUT2D eigenvalue weighted by Gasteiger charge is -2.18. The Bertz CT molecular complexity index is 1470. The number of rotatable bonds is 6. The van der Waals surface area contributed by atoms with E-state index in [4.69, 9.17) is 16.8 Å². The van der Waals surface area contributed by atoms with Crippen LogP contribution in [0.25, 0.3) is 5.57 Å². The third kappa shape index (κ3) is 5.53. The molecule has 1 saturated heterocycles. The zero-order valence-corrected chi connectivity index (χ0v) is 20.9. The summed E-state index contributed by atoms with van der Waals surface area (Å²) in [6.45, 7) is -1.07. The molecule has 9 nitrogen and oxygen atoms in total. The first-order valence-electron chi connectivity index (χ1n) is 10.4. The van der Waals surface area contributed by atoms with Crippen LogP contribution in [0.15, 0.2) is 53.4 Å². The van der Waals surface area contributed by atoms with Gasteiger partial charge in [0, 0.05) is 12.1 Å². The quantitative estimate of drug-likeness (QED) is 0.308. The minimum Gasteiger partial charge on any atom is -0.324 e. The summed E-state index contributed by atoms with van der Waals surface area (Å²) in [4.78, 5) is 41.0. The predicted octanol–water partition coefficient (Wildman–Crippen LogP) is 3.15. The SMILES string of the molecule is O=C(CN1C(=O)C(=C2SC(=S)N(CCS(=O)(=O)O)C2=O)c2ccccc21)Nc1ccccc1C(F)(F)F. The second-order valence-corrected chi connectivity index (χ2v) is 11.0. The fourth-order valence-corrected chi connectivity index (χ4v) is 5.57. The Morgan fingerprint density at radius 3 is 2.35 bits per heavy atom. The van der Waals surface area contributed by atoms with E-state index in [0.717, 1.165) is 33.7 Å². The van der Waals surface area contributed by atoms with Gasteiger partial charge < -0.3 is 5.32 Å². The van der Waals surface area contributed by atoms with Gasteiger partial charge in [-0.2, -0.15) is 21.6 Å². The van der Waals surface area contributed by atoms with E-state index in [-0.39, 0.29) is 20.5 Å². The molecule has 0 spiro atoms. The number of thiocarbonyl (C=S) groups is 1. The molecule has 4 rings (SSSR count). The van der Waals surface area contributed by atoms with Gasteiger partial charge >= 0.3 is 6.18 Å². The average molecular weight is 572 g/mol. The number of thioether (sulfide) groups is 1. The number of carbonyl (C=O) groups is 3. The van der Waals surface area contributed by atoms with Crippen molar-refractivity contribution < 1.29 is 40.5 Å². The number of anilines is 2. The summed E-state index contributed by atoms with van der Waals surface area (Å²) < 4.78 is 71.0. The normalized spacial score (nSPS) is 18.0. The number of fused-ring (bicyclic) bond motifs is 1. The van der Waals surface area contributed by atoms with Crippen LogP contribution in [0.1, 0.15) is 11.1 Å². The van der Waals surface area contributed by atoms with Gasteiger partial charge in [0.25, 0.3) is 21.9 Å². The van der Waals surface area contributed by atoms with Crippen LogP contribution in [-0.4, -0.2) is 58.8 Å². The maximum atomic E-state index is 13.4. The molecule has 37 heavy (non-hydrogen) atoms. The molecule has 0 unspecified atom stereocenters. The van der Waals surface area contributed by atoms with Gasteiger partial charge in [0.05, 0.1) is 33.2 Å². The highest BCUT2D eigenvalue weighted by molar-refractivity contribution is 8.26. The molecule has 2 aromatic carbocycles. The van der Waals surface area contributed by atoms with E-state index in [1.54, 1.807) is 12.1 Å². The molecule has 0 atom stereocenters. The summed E-state index contributed by atoms with van der Waals surface area (Å²) in [5, 5.41) is 2.18. The summed E-state index contributed by atoms with van der Waals surface area (Å²) in [5.74, 6) is -3.17. The van der Waals surface area contributed by atoms with Gasteiger partial charge in [-0.25, -0.2) is 0 Å². The second-order valence-electron chi connectivity index (χ2n) is 7.81. The van der Waals surface area contributed by atoms with Crippen molar-refractivity contribution in [2.45, 2.75) is 6.18 Å². The molecule has 3 amide bonds. The van der Waals surface area contributed by atoms with Crippen LogP contribution in [-0.2, 0) is 30.7 Å². The summed E-state index contributed by atoms with van der Waals surface area (Å²) in [6.07, 6.45) is -4.71. The largest absolute Gasteiger partial charge is 0.418 e. The third-order valence-electron chi connectivity index (χ3n) is 5.38. The number of alkyl halides is 3. The summed E-state index contributed by atoms with van der Waals surface area (Å²) in [5.41, 5.74) is -1.05. The Labute approximate surface area is 218 Å². The van der Waals surface area contributed by atoms with E-state index in [0.29, 0.717) is 5.56 Å². The zero-order valence-electron chi connectivity index (χ0n) is 18.5. The van der Waals surface area contributed by atoms with Gasteiger partial charge in [0.15, 0.2) is 0 Å². The lowest BCUT2D eigenvalue weighted by atomic mass is 10.1. The fraction of sp³-hybridized carbons (Fsp3) is 0.182. The molecule has 2 aromatic rings. The number of benzene rings is 2. The van der Waals surface area contributed by atoms with Crippen molar-refractivity contribution in [2.24, 2.45) is 0 Å². The third-order valence-corrected chi connectivity index (χ3v) is 7.53. The van der Waals surface area contributed by atoms with Gasteiger partial charge in [0.2, 0.25) is 5.91 Å². The van der Waals surface area contributed by atoms with E-state index >= 15 is 0 Å². The summed E-state index contributed by atoms with van der Waals surface area (Å²) in [7, 11) is -4.38. The number of nitrogens with zero attached hydrogens (tertiary/aromatic N) is 2. The van der Waals surface area contributed by atoms with Crippen LogP contribution < -0.4 is 10.2 Å². The first-order valence-corrected chi connectivity index (χ1v) is 13.2. The van der Waals surface area contributed by atoms with Crippen LogP contribution in [0.5, 0.6) is 0 Å². The number of hydrogen-bond acceptors (Lipinski definition) is 7. The first kappa shape index (κ1) is 26.8. The Balaban J connectivity index is 1.63. The molecule has 2 aliphatic heterocycles. The molecule has 0 saturated carbocycles. The van der Waals surface area contributed by atoms with Crippen molar-refractivity contribution in [1.82, 2.24) is 4.90 Å². The van der Waals surface area contributed by atoms with Crippen LogP contribution in [0.4, 0.5) is 24.5 Å². The lowest BCUT2D eigenvalue weighted by molar-refractivity contribution is -0.137. The second kappa shape index (κ2) is 9.89. The number of para-hydroxylation sites is 2. The number of carbonyl (C=O) groups excluding carboxylic acids is 3. The molecule has 2 N–H and O–H groups in total. The highest BCUT2D eigenvalue weighted by Gasteiger charge is 2.42. The molecule has 0 radical (unpaired) electrons.